The lowest BCUT2D eigenvalue weighted by molar-refractivity contribution is -0.140. The van der Waals surface area contributed by atoms with Crippen LogP contribution in [0, 0.1) is 0 Å². The normalized spacial score (nSPS) is 10.8. The van der Waals surface area contributed by atoms with Crippen molar-refractivity contribution in [3.05, 3.63) is 48.0 Å². The van der Waals surface area contributed by atoms with Gasteiger partial charge in [0.2, 0.25) is 0 Å². The molecule has 0 fully saturated rings. The van der Waals surface area contributed by atoms with Gasteiger partial charge in [0.05, 0.1) is 26.4 Å². The van der Waals surface area contributed by atoms with E-state index in [1.54, 1.807) is 6.33 Å². The number of nitrogens with zero attached hydrogens (tertiary/aromatic N) is 4. The number of ether oxygens (including phenoxy) is 1. The third kappa shape index (κ3) is 3.28. The van der Waals surface area contributed by atoms with Crippen LogP contribution in [0.1, 0.15) is 17.8 Å². The Kier molecular flexibility index (Phi) is 4.18. The minimum Gasteiger partial charge on any atom is -0.469 e. The third-order valence-electron chi connectivity index (χ3n) is 3.51. The SMILES string of the molecule is COC(=O)CCc1nc(N)c2ncn(Cc3ccccc3)c2n1. The van der Waals surface area contributed by atoms with Crippen LogP contribution < -0.4 is 5.73 Å². The van der Waals surface area contributed by atoms with E-state index in [0.717, 1.165) is 5.56 Å². The van der Waals surface area contributed by atoms with Gasteiger partial charge in [0.1, 0.15) is 11.3 Å². The predicted molar refractivity (Wildman–Crippen MR) is 85.6 cm³/mol. The summed E-state index contributed by atoms with van der Waals surface area (Å²) in [4.78, 5) is 24.3. The monoisotopic (exact) mass is 311 g/mol. The van der Waals surface area contributed by atoms with Gasteiger partial charge in [-0.2, -0.15) is 0 Å². The van der Waals surface area contributed by atoms with Crippen molar-refractivity contribution in [1.29, 1.82) is 0 Å². The van der Waals surface area contributed by atoms with Crippen molar-refractivity contribution in [2.24, 2.45) is 0 Å². The lowest BCUT2D eigenvalue weighted by atomic mass is 10.2. The maximum atomic E-state index is 11.3. The van der Waals surface area contributed by atoms with Gasteiger partial charge in [-0.3, -0.25) is 4.79 Å². The zero-order chi connectivity index (χ0) is 16.2. The Morgan fingerprint density at radius 1 is 1.26 bits per heavy atom. The summed E-state index contributed by atoms with van der Waals surface area (Å²) in [7, 11) is 1.36. The molecule has 0 aliphatic rings. The highest BCUT2D eigenvalue weighted by atomic mass is 16.5. The smallest absolute Gasteiger partial charge is 0.305 e. The zero-order valence-corrected chi connectivity index (χ0v) is 12.8. The molecule has 7 heteroatoms. The second-order valence-corrected chi connectivity index (χ2v) is 5.13. The van der Waals surface area contributed by atoms with Crippen molar-refractivity contribution >= 4 is 23.0 Å². The van der Waals surface area contributed by atoms with E-state index in [1.807, 2.05) is 34.9 Å². The van der Waals surface area contributed by atoms with Crippen molar-refractivity contribution in [1.82, 2.24) is 19.5 Å². The number of carbonyl (C=O) groups is 1. The average molecular weight is 311 g/mol. The van der Waals surface area contributed by atoms with Crippen LogP contribution in [-0.4, -0.2) is 32.6 Å². The standard InChI is InChI=1S/C16H17N5O2/c1-23-13(22)8-7-12-19-15(17)14-16(20-12)21(10-18-14)9-11-5-3-2-4-6-11/h2-6,10H,7-9H2,1H3,(H2,17,19,20). The Hall–Kier alpha value is -2.96. The first-order chi connectivity index (χ1) is 11.2. The first kappa shape index (κ1) is 15.0. The average Bonchev–Trinajstić information content (AvgIpc) is 2.97. The molecule has 2 aromatic heterocycles. The topological polar surface area (TPSA) is 95.9 Å². The van der Waals surface area contributed by atoms with E-state index >= 15 is 0 Å². The molecule has 2 heterocycles. The highest BCUT2D eigenvalue weighted by Crippen LogP contribution is 2.18. The van der Waals surface area contributed by atoms with Gasteiger partial charge >= 0.3 is 5.97 Å². The number of aryl methyl sites for hydroxylation is 1. The van der Waals surface area contributed by atoms with Crippen molar-refractivity contribution in [2.75, 3.05) is 12.8 Å². The Morgan fingerprint density at radius 2 is 2.04 bits per heavy atom. The minimum atomic E-state index is -0.301. The number of esters is 1. The molecule has 0 radical (unpaired) electrons. The van der Waals surface area contributed by atoms with Gasteiger partial charge in [-0.1, -0.05) is 30.3 Å². The molecule has 3 rings (SSSR count). The summed E-state index contributed by atoms with van der Waals surface area (Å²) in [6.45, 7) is 0.643. The lowest BCUT2D eigenvalue weighted by Crippen LogP contribution is -2.08. The van der Waals surface area contributed by atoms with Crippen molar-refractivity contribution in [3.63, 3.8) is 0 Å². The molecule has 0 aliphatic heterocycles. The number of hydrogen-bond donors (Lipinski definition) is 1. The Morgan fingerprint density at radius 3 is 2.78 bits per heavy atom. The Bertz CT molecular complexity index is 829. The van der Waals surface area contributed by atoms with E-state index in [1.165, 1.54) is 7.11 Å². The highest BCUT2D eigenvalue weighted by molar-refractivity contribution is 5.81. The number of nitrogens with two attached hydrogens (primary N) is 1. The number of hydrogen-bond acceptors (Lipinski definition) is 6. The van der Waals surface area contributed by atoms with Crippen LogP contribution in [0.4, 0.5) is 5.82 Å². The molecule has 0 bridgehead atoms. The minimum absolute atomic E-state index is 0.217. The molecule has 0 atom stereocenters. The summed E-state index contributed by atoms with van der Waals surface area (Å²) in [5.74, 6) is 0.530. The van der Waals surface area contributed by atoms with Gasteiger partial charge in [-0.25, -0.2) is 15.0 Å². The zero-order valence-electron chi connectivity index (χ0n) is 12.8. The molecule has 1 aromatic carbocycles. The maximum Gasteiger partial charge on any atom is 0.305 e. The number of benzene rings is 1. The van der Waals surface area contributed by atoms with Crippen LogP contribution in [0.5, 0.6) is 0 Å². The first-order valence-corrected chi connectivity index (χ1v) is 7.25. The third-order valence-corrected chi connectivity index (χ3v) is 3.51. The number of anilines is 1. The summed E-state index contributed by atoms with van der Waals surface area (Å²) in [5, 5.41) is 0. The molecular weight excluding hydrogens is 294 g/mol. The van der Waals surface area contributed by atoms with E-state index in [4.69, 9.17) is 5.73 Å². The van der Waals surface area contributed by atoms with Crippen LogP contribution in [0.3, 0.4) is 0 Å². The summed E-state index contributed by atoms with van der Waals surface area (Å²) in [6, 6.07) is 10.0. The van der Waals surface area contributed by atoms with Crippen molar-refractivity contribution in [2.45, 2.75) is 19.4 Å². The molecule has 3 aromatic rings. The predicted octanol–water partition coefficient (Wildman–Crippen LogP) is 1.56. The van der Waals surface area contributed by atoms with Crippen LogP contribution in [0.2, 0.25) is 0 Å². The molecule has 0 unspecified atom stereocenters. The molecule has 0 amide bonds. The molecule has 0 spiro atoms. The number of nitrogen functional groups attached to an aromatic ring is 1. The summed E-state index contributed by atoms with van der Waals surface area (Å²) in [6.07, 6.45) is 2.30. The van der Waals surface area contributed by atoms with Crippen LogP contribution >= 0.6 is 0 Å². The van der Waals surface area contributed by atoms with Crippen LogP contribution in [-0.2, 0) is 22.5 Å². The van der Waals surface area contributed by atoms with Gasteiger partial charge in [-0.05, 0) is 5.56 Å². The first-order valence-electron chi connectivity index (χ1n) is 7.25. The lowest BCUT2D eigenvalue weighted by Gasteiger charge is -2.06. The maximum absolute atomic E-state index is 11.3. The number of aromatic nitrogens is 4. The Balaban J connectivity index is 1.91. The molecule has 118 valence electrons. The molecule has 0 saturated carbocycles. The van der Waals surface area contributed by atoms with Gasteiger partial charge < -0.3 is 15.0 Å². The van der Waals surface area contributed by atoms with E-state index in [2.05, 4.69) is 19.7 Å². The fourth-order valence-corrected chi connectivity index (χ4v) is 2.34. The number of carbonyl (C=O) groups excluding carboxylic acids is 1. The van der Waals surface area contributed by atoms with Gasteiger partial charge in [0.15, 0.2) is 11.5 Å². The van der Waals surface area contributed by atoms with Crippen molar-refractivity contribution in [3.8, 4) is 0 Å². The fourth-order valence-electron chi connectivity index (χ4n) is 2.34. The fraction of sp³-hybridized carbons (Fsp3) is 0.250. The van der Waals surface area contributed by atoms with E-state index < -0.39 is 0 Å². The summed E-state index contributed by atoms with van der Waals surface area (Å²) in [5.41, 5.74) is 8.34. The quantitative estimate of drug-likeness (QED) is 0.718. The van der Waals surface area contributed by atoms with Gasteiger partial charge in [0.25, 0.3) is 0 Å². The summed E-state index contributed by atoms with van der Waals surface area (Å²) >= 11 is 0. The number of rotatable bonds is 5. The number of methoxy groups -OCH3 is 1. The highest BCUT2D eigenvalue weighted by Gasteiger charge is 2.12. The second-order valence-electron chi connectivity index (χ2n) is 5.13. The molecule has 2 N–H and O–H groups in total. The molecule has 0 saturated heterocycles. The summed E-state index contributed by atoms with van der Waals surface area (Å²) < 4.78 is 6.56. The number of imidazole rings is 1. The number of fused-ring (bicyclic) bond motifs is 1. The van der Waals surface area contributed by atoms with E-state index in [0.29, 0.717) is 35.8 Å². The van der Waals surface area contributed by atoms with Gasteiger partial charge in [0, 0.05) is 6.42 Å². The molecular formula is C16H17N5O2. The van der Waals surface area contributed by atoms with Crippen LogP contribution in [0.15, 0.2) is 36.7 Å². The molecule has 23 heavy (non-hydrogen) atoms. The van der Waals surface area contributed by atoms with E-state index in [-0.39, 0.29) is 12.4 Å². The van der Waals surface area contributed by atoms with E-state index in [9.17, 15) is 4.79 Å². The van der Waals surface area contributed by atoms with Crippen LogP contribution in [0.25, 0.3) is 11.2 Å². The molecule has 0 aliphatic carbocycles. The van der Waals surface area contributed by atoms with Gasteiger partial charge in [-0.15, -0.1) is 0 Å². The van der Waals surface area contributed by atoms with Crippen molar-refractivity contribution < 1.29 is 9.53 Å². The largest absolute Gasteiger partial charge is 0.469 e. The molecule has 7 nitrogen and oxygen atoms in total. The Labute approximate surface area is 133 Å². The second kappa shape index (κ2) is 6.43.